The quantitative estimate of drug-likeness (QED) is 0.224. The molecule has 0 bridgehead atoms. The number of amides is 2. The smallest absolute Gasteiger partial charge is 0.251 e. The van der Waals surface area contributed by atoms with Crippen molar-refractivity contribution < 1.29 is 42.1 Å². The molecule has 1 aliphatic heterocycles. The van der Waals surface area contributed by atoms with Crippen LogP contribution in [0.5, 0.6) is 17.4 Å². The lowest BCUT2D eigenvalue weighted by Crippen LogP contribution is -2.49. The number of nitrogens with zero attached hydrogens (tertiary/aromatic N) is 3. The number of ether oxygens (including phenoxy) is 3. The van der Waals surface area contributed by atoms with Crippen LogP contribution < -0.4 is 25.3 Å². The van der Waals surface area contributed by atoms with E-state index in [-0.39, 0.29) is 86.9 Å². The summed E-state index contributed by atoms with van der Waals surface area (Å²) in [5.41, 5.74) is 0.659. The molecule has 2 aliphatic rings. The number of alkyl halides is 2. The number of carbonyl (C=O) groups is 2. The van der Waals surface area contributed by atoms with Gasteiger partial charge in [0.05, 0.1) is 26.5 Å². The van der Waals surface area contributed by atoms with Crippen LogP contribution in [-0.4, -0.2) is 64.9 Å². The highest BCUT2D eigenvalue weighted by Crippen LogP contribution is 2.55. The Morgan fingerprint density at radius 2 is 1.98 bits per heavy atom. The molecule has 0 spiro atoms. The van der Waals surface area contributed by atoms with E-state index < -0.39 is 41.2 Å². The molecule has 15 heteroatoms. The van der Waals surface area contributed by atoms with Crippen LogP contribution >= 0.6 is 11.6 Å². The number of pyridine rings is 2. The van der Waals surface area contributed by atoms with Gasteiger partial charge in [-0.05, 0) is 51.0 Å². The molecule has 46 heavy (non-hydrogen) atoms. The molecule has 3 aromatic heterocycles. The van der Waals surface area contributed by atoms with E-state index in [2.05, 4.69) is 20.3 Å². The fourth-order valence-corrected chi connectivity index (χ4v) is 5.79. The summed E-state index contributed by atoms with van der Waals surface area (Å²) in [6.45, 7) is 2.06. The molecule has 4 aromatic rings. The molecule has 4 N–H and O–H groups in total. The van der Waals surface area contributed by atoms with Crippen molar-refractivity contribution in [2.75, 3.05) is 27.4 Å². The summed E-state index contributed by atoms with van der Waals surface area (Å²) in [5, 5.41) is 14.8. The molecule has 1 aliphatic carbocycles. The minimum Gasteiger partial charge on any atom is -0.494 e. The van der Waals surface area contributed by atoms with Crippen molar-refractivity contribution in [1.82, 2.24) is 20.3 Å². The number of aromatic nitrogens is 3. The number of primary amides is 1. The van der Waals surface area contributed by atoms with Gasteiger partial charge < -0.3 is 34.8 Å². The van der Waals surface area contributed by atoms with E-state index in [0.717, 1.165) is 0 Å². The third kappa shape index (κ3) is 4.87. The highest BCUT2D eigenvalue weighted by molar-refractivity contribution is 6.34. The number of fused-ring (bicyclic) bond motifs is 2. The van der Waals surface area contributed by atoms with Crippen LogP contribution in [0.1, 0.15) is 60.4 Å². The number of aliphatic hydroxyl groups is 1. The third-order valence-corrected chi connectivity index (χ3v) is 8.95. The number of oxazole rings is 1. The number of carbonyl (C=O) groups excluding carboxylic acids is 2. The molecule has 4 heterocycles. The van der Waals surface area contributed by atoms with Crippen molar-refractivity contribution in [3.8, 4) is 28.6 Å². The maximum Gasteiger partial charge on any atom is 0.251 e. The molecule has 1 unspecified atom stereocenters. The number of hydrogen-bond donors (Lipinski definition) is 3. The van der Waals surface area contributed by atoms with Gasteiger partial charge in [0.2, 0.25) is 17.7 Å². The van der Waals surface area contributed by atoms with Crippen LogP contribution in [0, 0.1) is 0 Å². The van der Waals surface area contributed by atoms with Crippen molar-refractivity contribution >= 4 is 34.5 Å². The van der Waals surface area contributed by atoms with Crippen LogP contribution in [0.2, 0.25) is 5.02 Å². The number of benzene rings is 1. The Morgan fingerprint density at radius 3 is 2.61 bits per heavy atom. The Bertz CT molecular complexity index is 1900. The molecule has 1 fully saturated rings. The Labute approximate surface area is 266 Å². The lowest BCUT2D eigenvalue weighted by atomic mass is 9.81. The van der Waals surface area contributed by atoms with Crippen LogP contribution in [0.3, 0.4) is 0 Å². The van der Waals surface area contributed by atoms with Gasteiger partial charge in [-0.25, -0.2) is 23.7 Å². The summed E-state index contributed by atoms with van der Waals surface area (Å²) in [4.78, 5) is 38.9. The normalized spacial score (nSPS) is 19.9. The fourth-order valence-electron chi connectivity index (χ4n) is 5.52. The van der Waals surface area contributed by atoms with E-state index in [9.17, 15) is 19.1 Å². The number of nitrogens with one attached hydrogen (secondary N) is 1. The van der Waals surface area contributed by atoms with Crippen molar-refractivity contribution in [2.45, 2.75) is 49.5 Å². The molecule has 0 radical (unpaired) electrons. The van der Waals surface area contributed by atoms with E-state index in [1.807, 2.05) is 0 Å². The molecule has 2 amide bonds. The maximum absolute atomic E-state index is 16.2. The fraction of sp³-hybridized carbons (Fsp3) is 0.387. The van der Waals surface area contributed by atoms with E-state index >= 15 is 4.39 Å². The Hall–Kier alpha value is -4.56. The summed E-state index contributed by atoms with van der Waals surface area (Å²) in [6.07, 6.45) is -0.131. The van der Waals surface area contributed by atoms with Crippen LogP contribution in [0.4, 0.5) is 8.78 Å². The lowest BCUT2D eigenvalue weighted by molar-refractivity contribution is -0.123. The first-order valence-corrected chi connectivity index (χ1v) is 14.6. The summed E-state index contributed by atoms with van der Waals surface area (Å²) >= 11 is 6.59. The summed E-state index contributed by atoms with van der Waals surface area (Å²) in [5.74, 6) is -1.22. The number of halogens is 3. The zero-order valence-electron chi connectivity index (χ0n) is 25.2. The van der Waals surface area contributed by atoms with Gasteiger partial charge in [0.25, 0.3) is 5.91 Å². The predicted molar refractivity (Wildman–Crippen MR) is 160 cm³/mol. The minimum absolute atomic E-state index is 0.0249. The predicted octanol–water partition coefficient (Wildman–Crippen LogP) is 4.24. The van der Waals surface area contributed by atoms with Crippen molar-refractivity contribution in [3.05, 3.63) is 58.2 Å². The third-order valence-electron chi connectivity index (χ3n) is 8.58. The van der Waals surface area contributed by atoms with E-state index in [0.29, 0.717) is 0 Å². The largest absolute Gasteiger partial charge is 0.494 e. The average Bonchev–Trinajstić information content (AvgIpc) is 3.49. The molecule has 6 rings (SSSR count). The van der Waals surface area contributed by atoms with Gasteiger partial charge in [-0.1, -0.05) is 11.6 Å². The topological polar surface area (TPSA) is 172 Å². The van der Waals surface area contributed by atoms with E-state index in [4.69, 9.17) is 36.0 Å². The number of hydrogen-bond acceptors (Lipinski definition) is 10. The minimum atomic E-state index is -2.38. The number of rotatable bonds is 10. The van der Waals surface area contributed by atoms with E-state index in [1.54, 1.807) is 6.92 Å². The van der Waals surface area contributed by atoms with Gasteiger partial charge in [-0.3, -0.25) is 9.59 Å². The number of methoxy groups -OCH3 is 2. The van der Waals surface area contributed by atoms with Gasteiger partial charge in [0, 0.05) is 22.9 Å². The van der Waals surface area contributed by atoms with Gasteiger partial charge in [-0.15, -0.1) is 0 Å². The second-order valence-electron chi connectivity index (χ2n) is 11.6. The lowest BCUT2D eigenvalue weighted by Gasteiger charge is -2.33. The van der Waals surface area contributed by atoms with Crippen molar-refractivity contribution in [3.63, 3.8) is 0 Å². The molecular formula is C31H30ClF2N5O7. The van der Waals surface area contributed by atoms with Gasteiger partial charge in [0.15, 0.2) is 22.9 Å². The second kappa shape index (κ2) is 11.1. The molecule has 12 nitrogen and oxygen atoms in total. The summed E-state index contributed by atoms with van der Waals surface area (Å²) in [6, 6.07) is 5.62. The highest BCUT2D eigenvalue weighted by Gasteiger charge is 2.62. The monoisotopic (exact) mass is 657 g/mol. The van der Waals surface area contributed by atoms with Gasteiger partial charge in [-0.2, -0.15) is 0 Å². The van der Waals surface area contributed by atoms with Crippen LogP contribution in [-0.2, 0) is 15.8 Å². The Morgan fingerprint density at radius 1 is 1.24 bits per heavy atom. The molecular weight excluding hydrogens is 628 g/mol. The van der Waals surface area contributed by atoms with Gasteiger partial charge >= 0.3 is 0 Å². The van der Waals surface area contributed by atoms with Crippen LogP contribution in [0.25, 0.3) is 22.4 Å². The zero-order chi connectivity index (χ0) is 33.2. The average molecular weight is 658 g/mol. The van der Waals surface area contributed by atoms with Gasteiger partial charge in [0.1, 0.15) is 39.9 Å². The maximum atomic E-state index is 16.2. The molecule has 1 saturated carbocycles. The van der Waals surface area contributed by atoms with Crippen LogP contribution in [0.15, 0.2) is 34.9 Å². The first-order valence-electron chi connectivity index (χ1n) is 14.3. The van der Waals surface area contributed by atoms with Crippen molar-refractivity contribution in [2.24, 2.45) is 5.73 Å². The molecule has 242 valence electrons. The SMILES string of the molecule is COc1nccc(-c2nc([C@@](O)(CNC(=O)c3cc(OC)c4nc(C(C)F)oc4c3)C3(F)CC3)cc3c2OC[C@]3(C)C(N)=O)c1Cl. The van der Waals surface area contributed by atoms with Crippen molar-refractivity contribution in [1.29, 1.82) is 0 Å². The summed E-state index contributed by atoms with van der Waals surface area (Å²) in [7, 11) is 2.73. The Kier molecular flexibility index (Phi) is 7.55. The highest BCUT2D eigenvalue weighted by atomic mass is 35.5. The number of nitrogens with two attached hydrogens (primary N) is 1. The second-order valence-corrected chi connectivity index (χ2v) is 12.0. The zero-order valence-corrected chi connectivity index (χ0v) is 26.0. The van der Waals surface area contributed by atoms with E-state index in [1.165, 1.54) is 51.6 Å². The molecule has 1 aromatic carbocycles. The first kappa shape index (κ1) is 31.4. The Balaban J connectivity index is 1.43. The molecule has 3 atom stereocenters. The standard InChI is InChI=1S/C31H30ClF2N5O7/c1-14(33)26-39-23-18(43-3)9-15(10-19(23)46-26)25(40)37-12-31(42,30(34)6-7-30)20-11-17-24(45-13-29(17,2)28(35)41)22(38-20)16-5-8-36-27(44-4)21(16)32/h5,8-11,14,42H,6-7,12-13H2,1-4H3,(H2,35,41)(H,37,40)/t14?,29-,31-/m0/s1. The first-order chi connectivity index (χ1) is 21.8. The summed E-state index contributed by atoms with van der Waals surface area (Å²) < 4.78 is 52.1. The molecule has 0 saturated heterocycles.